The Balaban J connectivity index is 1.34. The molecule has 13 nitrogen and oxygen atoms in total. The molecule has 0 saturated carbocycles. The maximum absolute atomic E-state index is 13.1. The molecule has 2 aromatic rings. The first-order chi connectivity index (χ1) is 19.0. The number of nitrogens with one attached hydrogen (secondary N) is 3. The molecule has 0 radical (unpaired) electrons. The van der Waals surface area contributed by atoms with Crippen LogP contribution in [0, 0.1) is 6.92 Å². The summed E-state index contributed by atoms with van der Waals surface area (Å²) in [6.45, 7) is 3.08. The van der Waals surface area contributed by atoms with E-state index in [1.807, 2.05) is 0 Å². The van der Waals surface area contributed by atoms with Crippen LogP contribution in [0.3, 0.4) is 0 Å². The average molecular weight is 573 g/mol. The van der Waals surface area contributed by atoms with Crippen LogP contribution in [-0.2, 0) is 28.7 Å². The third-order valence-electron chi connectivity index (χ3n) is 6.23. The molecular weight excluding hydrogens is 544 g/mol. The average Bonchev–Trinajstić information content (AvgIpc) is 3.15. The molecule has 0 aliphatic carbocycles. The van der Waals surface area contributed by atoms with Crippen LogP contribution >= 0.6 is 0 Å². The lowest BCUT2D eigenvalue weighted by atomic mass is 10.0. The minimum atomic E-state index is -4.00. The monoisotopic (exact) mass is 572 g/mol. The maximum Gasteiger partial charge on any atom is 0.300 e. The van der Waals surface area contributed by atoms with E-state index in [4.69, 9.17) is 8.92 Å². The summed E-state index contributed by atoms with van der Waals surface area (Å²) >= 11 is 0. The summed E-state index contributed by atoms with van der Waals surface area (Å²) in [5, 5.41) is 7.61. The molecule has 2 aliphatic rings. The van der Waals surface area contributed by atoms with E-state index < -0.39 is 45.7 Å². The van der Waals surface area contributed by atoms with Gasteiger partial charge in [0.15, 0.2) is 0 Å². The number of fused-ring (bicyclic) bond motifs is 1. The molecular formula is C26H28N4O9S. The number of nitrogens with zero attached hydrogens (tertiary/aromatic N) is 1. The number of anilines is 1. The van der Waals surface area contributed by atoms with E-state index in [0.717, 1.165) is 10.5 Å². The number of hydrogen-bond acceptors (Lipinski definition) is 10. The van der Waals surface area contributed by atoms with Crippen LogP contribution in [0.4, 0.5) is 5.69 Å². The van der Waals surface area contributed by atoms with Crippen molar-refractivity contribution < 1.29 is 41.3 Å². The number of ether oxygens (including phenoxy) is 1. The van der Waals surface area contributed by atoms with E-state index in [9.17, 15) is 32.4 Å². The largest absolute Gasteiger partial charge is 0.490 e. The van der Waals surface area contributed by atoms with Gasteiger partial charge in [0.05, 0.1) is 30.8 Å². The number of piperidine rings is 1. The van der Waals surface area contributed by atoms with E-state index >= 15 is 0 Å². The molecule has 1 fully saturated rings. The van der Waals surface area contributed by atoms with Gasteiger partial charge in [-0.25, -0.2) is 0 Å². The van der Waals surface area contributed by atoms with Crippen molar-refractivity contribution in [2.75, 3.05) is 31.6 Å². The Labute approximate surface area is 230 Å². The van der Waals surface area contributed by atoms with Gasteiger partial charge in [-0.1, -0.05) is 12.1 Å². The zero-order valence-corrected chi connectivity index (χ0v) is 22.6. The quantitative estimate of drug-likeness (QED) is 0.198. The lowest BCUT2D eigenvalue weighted by molar-refractivity contribution is -0.136. The van der Waals surface area contributed by atoms with Crippen LogP contribution < -0.4 is 20.7 Å². The normalized spacial score (nSPS) is 16.9. The summed E-state index contributed by atoms with van der Waals surface area (Å²) in [5.41, 5.74) is 1.14. The lowest BCUT2D eigenvalue weighted by Gasteiger charge is -2.27. The molecule has 0 aromatic heterocycles. The number of aryl methyl sites for hydroxylation is 1. The summed E-state index contributed by atoms with van der Waals surface area (Å²) in [5.74, 6) is -2.87. The van der Waals surface area contributed by atoms with Gasteiger partial charge in [0.2, 0.25) is 17.7 Å². The molecule has 5 amide bonds. The standard InChI is InChI=1S/C26H28N4O9S/c1-3-39-40(36,37)20-9-7-15(2)13-19(20)38-12-11-27-22(32)14-28-17-6-4-5-16-23(17)26(35)30(25(16)34)18-8-10-21(31)29-24(18)33/h4-7,9,13,18,28H,3,8,10-12,14H2,1-2H3,(H,27,32)(H,29,31,33). The van der Waals surface area contributed by atoms with Gasteiger partial charge in [-0.15, -0.1) is 0 Å². The van der Waals surface area contributed by atoms with E-state index in [1.165, 1.54) is 18.2 Å². The Morgan fingerprint density at radius 1 is 1.12 bits per heavy atom. The highest BCUT2D eigenvalue weighted by atomic mass is 32.2. The van der Waals surface area contributed by atoms with Gasteiger partial charge in [-0.3, -0.25) is 38.4 Å². The number of hydrogen-bond donors (Lipinski definition) is 3. The number of amides is 5. The molecule has 4 rings (SSSR count). The maximum atomic E-state index is 13.1. The molecule has 1 unspecified atom stereocenters. The Morgan fingerprint density at radius 3 is 2.62 bits per heavy atom. The van der Waals surface area contributed by atoms with Gasteiger partial charge in [-0.2, -0.15) is 8.42 Å². The van der Waals surface area contributed by atoms with Gasteiger partial charge >= 0.3 is 10.1 Å². The van der Waals surface area contributed by atoms with Gasteiger partial charge in [0.1, 0.15) is 23.3 Å². The van der Waals surface area contributed by atoms with E-state index in [-0.39, 0.29) is 66.6 Å². The van der Waals surface area contributed by atoms with Gasteiger partial charge < -0.3 is 15.4 Å². The fourth-order valence-electron chi connectivity index (χ4n) is 4.40. The number of imide groups is 2. The molecule has 3 N–H and O–H groups in total. The second kappa shape index (κ2) is 11.8. The molecule has 2 aromatic carbocycles. The number of carbonyl (C=O) groups excluding carboxylic acids is 5. The Kier molecular flexibility index (Phi) is 8.49. The van der Waals surface area contributed by atoms with Crippen molar-refractivity contribution in [3.8, 4) is 5.75 Å². The highest BCUT2D eigenvalue weighted by molar-refractivity contribution is 7.86. The Bertz CT molecular complexity index is 1490. The SMILES string of the molecule is CCOS(=O)(=O)c1ccc(C)cc1OCCNC(=O)CNc1cccc2c1C(=O)N(C1CCC(=O)NC1=O)C2=O. The van der Waals surface area contributed by atoms with Gasteiger partial charge in [-0.05, 0) is 50.1 Å². The van der Waals surface area contributed by atoms with Gasteiger partial charge in [0, 0.05) is 12.1 Å². The van der Waals surface area contributed by atoms with Crippen LogP contribution in [0.2, 0.25) is 0 Å². The highest BCUT2D eigenvalue weighted by Gasteiger charge is 2.45. The number of benzene rings is 2. The van der Waals surface area contributed by atoms with Crippen LogP contribution in [0.25, 0.3) is 0 Å². The molecule has 1 atom stereocenters. The zero-order chi connectivity index (χ0) is 29.0. The first-order valence-electron chi connectivity index (χ1n) is 12.5. The zero-order valence-electron chi connectivity index (χ0n) is 21.8. The van der Waals surface area contributed by atoms with Crippen LogP contribution in [0.1, 0.15) is 46.0 Å². The smallest absolute Gasteiger partial charge is 0.300 e. The van der Waals surface area contributed by atoms with Crippen molar-refractivity contribution in [3.63, 3.8) is 0 Å². The first kappa shape index (κ1) is 28.7. The van der Waals surface area contributed by atoms with Crippen LogP contribution in [0.15, 0.2) is 41.3 Å². The lowest BCUT2D eigenvalue weighted by Crippen LogP contribution is -2.54. The molecule has 2 aliphatic heterocycles. The van der Waals surface area contributed by atoms with Crippen molar-refractivity contribution in [1.29, 1.82) is 0 Å². The Morgan fingerprint density at radius 2 is 1.90 bits per heavy atom. The number of carbonyl (C=O) groups is 5. The summed E-state index contributed by atoms with van der Waals surface area (Å²) in [4.78, 5) is 63.0. The fourth-order valence-corrected chi connectivity index (χ4v) is 5.44. The first-order valence-corrected chi connectivity index (χ1v) is 13.9. The Hall–Kier alpha value is -4.30. The van der Waals surface area contributed by atoms with E-state index in [2.05, 4.69) is 16.0 Å². The molecule has 212 valence electrons. The second-order valence-electron chi connectivity index (χ2n) is 9.04. The minimum absolute atomic E-state index is 0.00628. The predicted octanol–water partition coefficient (Wildman–Crippen LogP) is 0.729. The van der Waals surface area contributed by atoms with Crippen molar-refractivity contribution >= 4 is 45.3 Å². The third kappa shape index (κ3) is 5.97. The molecule has 40 heavy (non-hydrogen) atoms. The number of rotatable bonds is 11. The minimum Gasteiger partial charge on any atom is -0.490 e. The summed E-state index contributed by atoms with van der Waals surface area (Å²) in [7, 11) is -4.00. The van der Waals surface area contributed by atoms with Crippen LogP contribution in [0.5, 0.6) is 5.75 Å². The second-order valence-corrected chi connectivity index (χ2v) is 10.6. The summed E-state index contributed by atoms with van der Waals surface area (Å²) in [6, 6.07) is 8.00. The van der Waals surface area contributed by atoms with E-state index in [0.29, 0.717) is 0 Å². The fraction of sp³-hybridized carbons (Fsp3) is 0.346. The highest BCUT2D eigenvalue weighted by Crippen LogP contribution is 2.32. The molecule has 0 spiro atoms. The van der Waals surface area contributed by atoms with E-state index in [1.54, 1.807) is 32.0 Å². The predicted molar refractivity (Wildman–Crippen MR) is 140 cm³/mol. The van der Waals surface area contributed by atoms with Crippen molar-refractivity contribution in [2.45, 2.75) is 37.6 Å². The summed E-state index contributed by atoms with van der Waals surface area (Å²) in [6.07, 6.45) is 0.0390. The third-order valence-corrected chi connectivity index (χ3v) is 7.65. The molecule has 0 bridgehead atoms. The molecule has 1 saturated heterocycles. The van der Waals surface area contributed by atoms with Crippen molar-refractivity contribution in [2.24, 2.45) is 0 Å². The summed E-state index contributed by atoms with van der Waals surface area (Å²) < 4.78 is 35.1. The molecule has 14 heteroatoms. The van der Waals surface area contributed by atoms with Crippen molar-refractivity contribution in [3.05, 3.63) is 53.1 Å². The van der Waals surface area contributed by atoms with Crippen molar-refractivity contribution in [1.82, 2.24) is 15.5 Å². The molecule has 2 heterocycles. The van der Waals surface area contributed by atoms with Crippen LogP contribution in [-0.4, -0.2) is 75.2 Å². The van der Waals surface area contributed by atoms with Gasteiger partial charge in [0.25, 0.3) is 11.8 Å². The topological polar surface area (TPSA) is 177 Å².